The number of alkyl halides is 3. The molecular formula is C21H26F3N7O2. The molecule has 3 heterocycles. The molecule has 2 aromatic rings. The van der Waals surface area contributed by atoms with E-state index in [9.17, 15) is 22.8 Å². The highest BCUT2D eigenvalue weighted by molar-refractivity contribution is 6.00. The van der Waals surface area contributed by atoms with Gasteiger partial charge in [0.2, 0.25) is 0 Å². The Kier molecular flexibility index (Phi) is 6.65. The van der Waals surface area contributed by atoms with Gasteiger partial charge in [-0.15, -0.1) is 0 Å². The maximum atomic E-state index is 13.1. The molecule has 1 fully saturated rings. The van der Waals surface area contributed by atoms with E-state index in [0.29, 0.717) is 55.3 Å². The van der Waals surface area contributed by atoms with Gasteiger partial charge in [0.25, 0.3) is 5.56 Å². The number of nitrogen functional groups attached to an aromatic ring is 1. The minimum absolute atomic E-state index is 0.165. The van der Waals surface area contributed by atoms with E-state index in [2.05, 4.69) is 15.2 Å². The number of amides is 2. The van der Waals surface area contributed by atoms with E-state index in [1.54, 1.807) is 20.2 Å². The summed E-state index contributed by atoms with van der Waals surface area (Å²) in [5.41, 5.74) is 5.35. The Morgan fingerprint density at radius 2 is 1.94 bits per heavy atom. The molecule has 178 valence electrons. The number of nitrogens with zero attached hydrogens (tertiary/aromatic N) is 4. The molecule has 1 aliphatic heterocycles. The smallest absolute Gasteiger partial charge is 0.383 e. The van der Waals surface area contributed by atoms with Crippen molar-refractivity contribution in [3.05, 3.63) is 46.0 Å². The van der Waals surface area contributed by atoms with Crippen LogP contribution in [0.4, 0.5) is 35.2 Å². The zero-order chi connectivity index (χ0) is 24.5. The van der Waals surface area contributed by atoms with Crippen molar-refractivity contribution in [2.45, 2.75) is 32.0 Å². The highest BCUT2D eigenvalue weighted by Crippen LogP contribution is 2.30. The summed E-state index contributed by atoms with van der Waals surface area (Å²) in [4.78, 5) is 32.5. The molecule has 0 aromatic carbocycles. The zero-order valence-corrected chi connectivity index (χ0v) is 18.5. The van der Waals surface area contributed by atoms with E-state index in [1.165, 1.54) is 11.9 Å². The van der Waals surface area contributed by atoms with Crippen molar-refractivity contribution in [1.29, 1.82) is 5.41 Å². The summed E-state index contributed by atoms with van der Waals surface area (Å²) in [5, 5.41) is 10.1. The Hall–Kier alpha value is -3.57. The maximum Gasteiger partial charge on any atom is 0.417 e. The Labute approximate surface area is 188 Å². The minimum Gasteiger partial charge on any atom is -0.383 e. The summed E-state index contributed by atoms with van der Waals surface area (Å²) in [7, 11) is 2.75. The van der Waals surface area contributed by atoms with Gasteiger partial charge in [-0.1, -0.05) is 0 Å². The largest absolute Gasteiger partial charge is 0.417 e. The van der Waals surface area contributed by atoms with Gasteiger partial charge in [-0.2, -0.15) is 13.2 Å². The Morgan fingerprint density at radius 1 is 1.30 bits per heavy atom. The van der Waals surface area contributed by atoms with Crippen molar-refractivity contribution in [3.63, 3.8) is 0 Å². The molecule has 0 spiro atoms. The fourth-order valence-corrected chi connectivity index (χ4v) is 3.77. The molecule has 12 heteroatoms. The third kappa shape index (κ3) is 5.26. The van der Waals surface area contributed by atoms with Crippen molar-refractivity contribution in [1.82, 2.24) is 14.5 Å². The number of aryl methyl sites for hydroxylation is 1. The minimum atomic E-state index is -4.64. The highest BCUT2D eigenvalue weighted by atomic mass is 19.4. The Bertz CT molecular complexity index is 1120. The summed E-state index contributed by atoms with van der Waals surface area (Å²) in [6, 6.07) is 1.64. The van der Waals surface area contributed by atoms with Crippen LogP contribution in [0.25, 0.3) is 0 Å². The topological polar surface area (TPSA) is 120 Å². The van der Waals surface area contributed by atoms with E-state index in [0.717, 1.165) is 10.3 Å². The van der Waals surface area contributed by atoms with Crippen LogP contribution in [0, 0.1) is 5.41 Å². The van der Waals surface area contributed by atoms with E-state index in [-0.39, 0.29) is 6.04 Å². The molecule has 4 N–H and O–H groups in total. The fourth-order valence-electron chi connectivity index (χ4n) is 3.77. The monoisotopic (exact) mass is 465 g/mol. The second-order valence-electron chi connectivity index (χ2n) is 8.07. The summed E-state index contributed by atoms with van der Waals surface area (Å²) < 4.78 is 40.0. The first-order chi connectivity index (χ1) is 15.4. The number of carbonyl (C=O) groups excluding carboxylic acids is 1. The van der Waals surface area contributed by atoms with Crippen LogP contribution in [0.3, 0.4) is 0 Å². The summed E-state index contributed by atoms with van der Waals surface area (Å²) in [6.07, 6.45) is -1.10. The number of anilines is 3. The lowest BCUT2D eigenvalue weighted by molar-refractivity contribution is -0.138. The molecule has 9 nitrogen and oxygen atoms in total. The maximum absolute atomic E-state index is 13.1. The lowest BCUT2D eigenvalue weighted by Crippen LogP contribution is -2.47. The Morgan fingerprint density at radius 3 is 2.52 bits per heavy atom. The lowest BCUT2D eigenvalue weighted by atomic mass is 10.0. The van der Waals surface area contributed by atoms with Gasteiger partial charge in [-0.3, -0.25) is 4.79 Å². The second kappa shape index (κ2) is 9.12. The number of carbonyl (C=O) groups is 1. The number of hydrogen-bond acceptors (Lipinski definition) is 6. The number of nitrogens with two attached hydrogens (primary N) is 1. The van der Waals surface area contributed by atoms with Crippen LogP contribution in [0.2, 0.25) is 0 Å². The third-order valence-corrected chi connectivity index (χ3v) is 5.76. The van der Waals surface area contributed by atoms with Gasteiger partial charge < -0.3 is 30.8 Å². The molecule has 0 atom stereocenters. The van der Waals surface area contributed by atoms with Crippen molar-refractivity contribution in [3.8, 4) is 0 Å². The van der Waals surface area contributed by atoms with Gasteiger partial charge >= 0.3 is 12.2 Å². The van der Waals surface area contributed by atoms with Crippen molar-refractivity contribution in [2.75, 3.05) is 36.1 Å². The quantitative estimate of drug-likeness (QED) is 0.600. The fraction of sp³-hybridized carbons (Fsp3) is 0.429. The number of piperidine rings is 1. The van der Waals surface area contributed by atoms with E-state index < -0.39 is 29.0 Å². The summed E-state index contributed by atoms with van der Waals surface area (Å²) in [5.74, 6) is 0.290. The first kappa shape index (κ1) is 24.1. The van der Waals surface area contributed by atoms with Crippen molar-refractivity contribution in [2.24, 2.45) is 7.05 Å². The van der Waals surface area contributed by atoms with Crippen LogP contribution in [0.5, 0.6) is 0 Å². The van der Waals surface area contributed by atoms with Crippen LogP contribution < -0.4 is 21.5 Å². The van der Waals surface area contributed by atoms with E-state index in [1.807, 2.05) is 6.07 Å². The number of nitrogens with one attached hydrogen (secondary N) is 2. The van der Waals surface area contributed by atoms with Crippen LogP contribution >= 0.6 is 0 Å². The average molecular weight is 465 g/mol. The molecule has 1 aliphatic rings. The van der Waals surface area contributed by atoms with Crippen LogP contribution in [-0.4, -0.2) is 52.4 Å². The number of aromatic nitrogens is 2. The lowest BCUT2D eigenvalue weighted by Gasteiger charge is -2.37. The van der Waals surface area contributed by atoms with Gasteiger partial charge in [-0.05, 0) is 31.9 Å². The normalized spacial score (nSPS) is 14.8. The SMILES string of the molecule is CC(=N)c1cc(N2CCC(N(C)C(=O)Nc3cc(C(F)(F)F)cn(C)c3=O)CC2)cnc1N. The number of hydrogen-bond donors (Lipinski definition) is 3. The third-order valence-electron chi connectivity index (χ3n) is 5.76. The van der Waals surface area contributed by atoms with Gasteiger partial charge in [0.1, 0.15) is 11.5 Å². The van der Waals surface area contributed by atoms with Gasteiger partial charge in [0.05, 0.1) is 17.4 Å². The van der Waals surface area contributed by atoms with Crippen LogP contribution in [0.1, 0.15) is 30.9 Å². The van der Waals surface area contributed by atoms with Gasteiger partial charge in [-0.25, -0.2) is 9.78 Å². The molecular weight excluding hydrogens is 439 g/mol. The molecule has 0 bridgehead atoms. The molecule has 2 aromatic heterocycles. The molecule has 1 saturated heterocycles. The molecule has 33 heavy (non-hydrogen) atoms. The predicted molar refractivity (Wildman–Crippen MR) is 120 cm³/mol. The number of halogens is 3. The number of pyridine rings is 2. The highest BCUT2D eigenvalue weighted by Gasteiger charge is 2.33. The predicted octanol–water partition coefficient (Wildman–Crippen LogP) is 2.90. The molecule has 0 saturated carbocycles. The molecule has 0 aliphatic carbocycles. The van der Waals surface area contributed by atoms with Gasteiger partial charge in [0.15, 0.2) is 0 Å². The number of rotatable bonds is 4. The molecule has 0 radical (unpaired) electrons. The standard InChI is InChI=1S/C21H26F3N7O2/c1-12(25)16-9-15(10-27-18(16)26)31-6-4-14(5-7-31)30(3)20(33)28-17-8-13(21(22,23)24)11-29(2)19(17)32/h8-11,14,25H,4-7H2,1-3H3,(H2,26,27)(H,28,33). The first-order valence-electron chi connectivity index (χ1n) is 10.3. The van der Waals surface area contributed by atoms with E-state index in [4.69, 9.17) is 11.1 Å². The van der Waals surface area contributed by atoms with Crippen LogP contribution in [-0.2, 0) is 13.2 Å². The summed E-state index contributed by atoms with van der Waals surface area (Å²) in [6.45, 7) is 2.85. The second-order valence-corrected chi connectivity index (χ2v) is 8.07. The van der Waals surface area contributed by atoms with Crippen LogP contribution in [0.15, 0.2) is 29.3 Å². The number of urea groups is 1. The first-order valence-corrected chi connectivity index (χ1v) is 10.3. The van der Waals surface area contributed by atoms with Gasteiger partial charge in [0, 0.05) is 50.7 Å². The zero-order valence-electron chi connectivity index (χ0n) is 18.5. The Balaban J connectivity index is 1.67. The average Bonchev–Trinajstić information content (AvgIpc) is 2.75. The van der Waals surface area contributed by atoms with Crippen molar-refractivity contribution >= 4 is 28.9 Å². The molecule has 3 rings (SSSR count). The van der Waals surface area contributed by atoms with E-state index >= 15 is 0 Å². The molecule has 0 unspecified atom stereocenters. The molecule has 2 amide bonds. The summed E-state index contributed by atoms with van der Waals surface area (Å²) >= 11 is 0. The van der Waals surface area contributed by atoms with Crippen molar-refractivity contribution < 1.29 is 18.0 Å².